The molecular weight excluding hydrogens is 454 g/mol. The molecule has 0 saturated heterocycles. The molecule has 4 rings (SSSR count). The van der Waals surface area contributed by atoms with Gasteiger partial charge in [0.2, 0.25) is 11.8 Å². The number of benzene rings is 1. The predicted octanol–water partition coefficient (Wildman–Crippen LogP) is 3.08. The van der Waals surface area contributed by atoms with Crippen molar-refractivity contribution in [2.45, 2.75) is 31.7 Å². The van der Waals surface area contributed by atoms with Gasteiger partial charge < -0.3 is 20.0 Å². The summed E-state index contributed by atoms with van der Waals surface area (Å²) in [6, 6.07) is 5.59. The van der Waals surface area contributed by atoms with E-state index in [1.807, 2.05) is 44.2 Å². The average molecular weight is 484 g/mol. The number of halogens is 1. The molecule has 2 aliphatic heterocycles. The van der Waals surface area contributed by atoms with Crippen molar-refractivity contribution in [3.63, 3.8) is 0 Å². The van der Waals surface area contributed by atoms with Crippen LogP contribution in [0.15, 0.2) is 29.5 Å². The van der Waals surface area contributed by atoms with Gasteiger partial charge >= 0.3 is 0 Å². The molecule has 3 heterocycles. The van der Waals surface area contributed by atoms with Crippen LogP contribution in [0.5, 0.6) is 0 Å². The van der Waals surface area contributed by atoms with E-state index in [4.69, 9.17) is 11.6 Å². The molecule has 0 saturated carbocycles. The lowest BCUT2D eigenvalue weighted by Gasteiger charge is -2.23. The number of rotatable bonds is 0. The van der Waals surface area contributed by atoms with Gasteiger partial charge in [0.25, 0.3) is 0 Å². The molecule has 2 aromatic rings. The maximum Gasteiger partial charge on any atom is 0.238 e. The normalized spacial score (nSPS) is 20.4. The Morgan fingerprint density at radius 1 is 1.03 bits per heavy atom. The first-order valence-electron chi connectivity index (χ1n) is 11.5. The molecule has 1 atom stereocenters. The van der Waals surface area contributed by atoms with Crippen LogP contribution in [0.25, 0.3) is 0 Å². The van der Waals surface area contributed by atoms with E-state index in [0.29, 0.717) is 42.7 Å². The Kier molecular flexibility index (Phi) is 7.43. The Morgan fingerprint density at radius 3 is 2.65 bits per heavy atom. The van der Waals surface area contributed by atoms with Crippen LogP contribution in [0, 0.1) is 0 Å². The van der Waals surface area contributed by atoms with Gasteiger partial charge in [-0.2, -0.15) is 0 Å². The van der Waals surface area contributed by atoms with E-state index in [9.17, 15) is 9.59 Å². The second-order valence-electron chi connectivity index (χ2n) is 8.91. The maximum absolute atomic E-state index is 12.8. The van der Waals surface area contributed by atoms with Gasteiger partial charge in [0.05, 0.1) is 11.3 Å². The summed E-state index contributed by atoms with van der Waals surface area (Å²) >= 11 is 6.44. The zero-order chi connectivity index (χ0) is 24.2. The number of amides is 2. The molecule has 1 unspecified atom stereocenters. The maximum atomic E-state index is 12.8. The average Bonchev–Trinajstić information content (AvgIpc) is 3.13. The largest absolute Gasteiger partial charge is 0.359 e. The molecule has 0 radical (unpaired) electrons. The number of hydrogen-bond acceptors (Lipinski definition) is 7. The van der Waals surface area contributed by atoms with E-state index >= 15 is 0 Å². The van der Waals surface area contributed by atoms with Crippen LogP contribution in [0.1, 0.15) is 36.3 Å². The van der Waals surface area contributed by atoms with Gasteiger partial charge in [-0.15, -0.1) is 0 Å². The number of anilines is 2. The monoisotopic (exact) mass is 483 g/mol. The number of hydrogen-bond donors (Lipinski definition) is 1. The van der Waals surface area contributed by atoms with E-state index in [1.54, 1.807) is 11.1 Å². The topological polar surface area (TPSA) is 94.0 Å². The minimum Gasteiger partial charge on any atom is -0.359 e. The van der Waals surface area contributed by atoms with Gasteiger partial charge in [0, 0.05) is 51.4 Å². The Hall–Kier alpha value is -3.04. The van der Waals surface area contributed by atoms with Crippen LogP contribution >= 0.6 is 11.6 Å². The smallest absolute Gasteiger partial charge is 0.238 e. The molecule has 0 spiro atoms. The Balaban J connectivity index is 1.68. The van der Waals surface area contributed by atoms with Gasteiger partial charge in [0.1, 0.15) is 23.9 Å². The molecule has 0 aliphatic carbocycles. The summed E-state index contributed by atoms with van der Waals surface area (Å²) in [6.07, 6.45) is 5.17. The van der Waals surface area contributed by atoms with E-state index in [-0.39, 0.29) is 11.8 Å². The van der Waals surface area contributed by atoms with E-state index in [1.165, 1.54) is 6.33 Å². The predicted molar refractivity (Wildman–Crippen MR) is 134 cm³/mol. The first-order chi connectivity index (χ1) is 16.3. The third-order valence-electron chi connectivity index (χ3n) is 6.25. The molecule has 10 heteroatoms. The summed E-state index contributed by atoms with van der Waals surface area (Å²) in [5, 5.41) is 3.50. The summed E-state index contributed by atoms with van der Waals surface area (Å²) in [6.45, 7) is 2.76. The molecule has 2 bridgehead atoms. The van der Waals surface area contributed by atoms with Crippen LogP contribution in [-0.2, 0) is 16.1 Å². The van der Waals surface area contributed by atoms with Crippen molar-refractivity contribution in [3.05, 3.63) is 40.7 Å². The third-order valence-corrected chi connectivity index (χ3v) is 6.61. The molecule has 180 valence electrons. The number of carbonyl (C=O) groups is 2. The second kappa shape index (κ2) is 10.5. The van der Waals surface area contributed by atoms with Crippen LogP contribution in [0.4, 0.5) is 17.3 Å². The number of fused-ring (bicyclic) bond motifs is 2. The molecule has 1 aromatic heterocycles. The third kappa shape index (κ3) is 5.37. The Bertz CT molecular complexity index is 1110. The number of nitrogens with one attached hydrogen (secondary N) is 1. The van der Waals surface area contributed by atoms with Crippen molar-refractivity contribution >= 4 is 47.0 Å². The van der Waals surface area contributed by atoms with Gasteiger partial charge in [-0.25, -0.2) is 9.97 Å². The Labute approximate surface area is 204 Å². The zero-order valence-electron chi connectivity index (χ0n) is 19.8. The fourth-order valence-electron chi connectivity index (χ4n) is 4.30. The highest BCUT2D eigenvalue weighted by Gasteiger charge is 2.34. The molecular formula is C24H30ClN7O2. The van der Waals surface area contributed by atoms with E-state index in [2.05, 4.69) is 25.2 Å². The molecule has 0 fully saturated rings. The minimum absolute atomic E-state index is 0.139. The molecule has 34 heavy (non-hydrogen) atoms. The van der Waals surface area contributed by atoms with Gasteiger partial charge in [-0.3, -0.25) is 14.6 Å². The number of aliphatic imine (C=N–C) groups is 1. The van der Waals surface area contributed by atoms with E-state index in [0.717, 1.165) is 36.2 Å². The molecule has 1 aromatic carbocycles. The highest BCUT2D eigenvalue weighted by atomic mass is 35.5. The van der Waals surface area contributed by atoms with Crippen LogP contribution in [-0.4, -0.2) is 78.6 Å². The van der Waals surface area contributed by atoms with Gasteiger partial charge in [0.15, 0.2) is 0 Å². The van der Waals surface area contributed by atoms with Crippen molar-refractivity contribution < 1.29 is 9.59 Å². The quantitative estimate of drug-likeness (QED) is 0.619. The lowest BCUT2D eigenvalue weighted by Crippen LogP contribution is -2.31. The fraction of sp³-hybridized carbons (Fsp3) is 0.458. The SMILES string of the molecule is CN1CCCC(=O)N(C)CCCN(C)c2ncnc3c2C(C=Nc2ccc(Cl)c(c2)C1)C(=O)N3. The van der Waals surface area contributed by atoms with Crippen molar-refractivity contribution in [1.82, 2.24) is 19.8 Å². The minimum atomic E-state index is -0.596. The zero-order valence-corrected chi connectivity index (χ0v) is 20.5. The number of nitrogens with zero attached hydrogens (tertiary/aromatic N) is 6. The van der Waals surface area contributed by atoms with Crippen molar-refractivity contribution in [1.29, 1.82) is 0 Å². The summed E-state index contributed by atoms with van der Waals surface area (Å²) in [4.78, 5) is 44.6. The van der Waals surface area contributed by atoms with Crippen molar-refractivity contribution in [2.24, 2.45) is 4.99 Å². The van der Waals surface area contributed by atoms with Crippen LogP contribution < -0.4 is 10.2 Å². The van der Waals surface area contributed by atoms with Gasteiger partial charge in [-0.05, 0) is 50.2 Å². The van der Waals surface area contributed by atoms with Crippen LogP contribution in [0.2, 0.25) is 5.02 Å². The second-order valence-corrected chi connectivity index (χ2v) is 9.32. The number of aromatic nitrogens is 2. The molecule has 1 N–H and O–H groups in total. The summed E-state index contributed by atoms with van der Waals surface area (Å²) < 4.78 is 0. The summed E-state index contributed by atoms with van der Waals surface area (Å²) in [5.41, 5.74) is 2.38. The fourth-order valence-corrected chi connectivity index (χ4v) is 4.48. The summed E-state index contributed by atoms with van der Waals surface area (Å²) in [7, 11) is 5.79. The Morgan fingerprint density at radius 2 is 1.82 bits per heavy atom. The molecule has 2 aliphatic rings. The van der Waals surface area contributed by atoms with Crippen molar-refractivity contribution in [3.8, 4) is 0 Å². The van der Waals surface area contributed by atoms with Crippen molar-refractivity contribution in [2.75, 3.05) is 51.0 Å². The lowest BCUT2D eigenvalue weighted by atomic mass is 10.0. The first kappa shape index (κ1) is 24.1. The lowest BCUT2D eigenvalue weighted by molar-refractivity contribution is -0.130. The molecule has 2 amide bonds. The van der Waals surface area contributed by atoms with Crippen LogP contribution in [0.3, 0.4) is 0 Å². The first-order valence-corrected chi connectivity index (χ1v) is 11.8. The standard InChI is InChI=1S/C24H30ClN7O2/c1-30-9-4-6-20(33)31(2)10-5-11-32(3)23-21-18(24(34)29-22(21)27-15-28-23)13-26-17-7-8-19(25)16(12-17)14-30/h7-8,12-13,15,18H,4-6,9-11,14H2,1-3H3,(H,27,28,29,34). The number of carbonyl (C=O) groups excluding carboxylic acids is 2. The van der Waals surface area contributed by atoms with Gasteiger partial charge in [-0.1, -0.05) is 11.6 Å². The summed E-state index contributed by atoms with van der Waals surface area (Å²) in [5.74, 6) is 0.557. The molecule has 9 nitrogen and oxygen atoms in total. The highest BCUT2D eigenvalue weighted by Crippen LogP contribution is 2.36. The van der Waals surface area contributed by atoms with E-state index < -0.39 is 5.92 Å². The highest BCUT2D eigenvalue weighted by molar-refractivity contribution is 6.31.